The van der Waals surface area contributed by atoms with Crippen LogP contribution in [0.15, 0.2) is 24.3 Å². The first-order valence-electron chi connectivity index (χ1n) is 5.42. The zero-order valence-corrected chi connectivity index (χ0v) is 10.8. The van der Waals surface area contributed by atoms with Crippen molar-refractivity contribution in [3.63, 3.8) is 0 Å². The zero-order chi connectivity index (χ0) is 9.54. The van der Waals surface area contributed by atoms with Crippen molar-refractivity contribution >= 4 is 24.8 Å². The molecule has 0 amide bonds. The van der Waals surface area contributed by atoms with Crippen LogP contribution in [0.4, 0.5) is 0 Å². The number of hydrogen-bond acceptors (Lipinski definition) is 2. The molecule has 90 valence electrons. The third-order valence-electron chi connectivity index (χ3n) is 3.32. The largest absolute Gasteiger partial charge is 0.323 e. The molecule has 16 heavy (non-hydrogen) atoms. The molecule has 2 N–H and O–H groups in total. The highest BCUT2D eigenvalue weighted by Crippen LogP contribution is 2.33. The Kier molecular flexibility index (Phi) is 4.62. The Morgan fingerprint density at radius 2 is 1.81 bits per heavy atom. The Morgan fingerprint density at radius 1 is 1.12 bits per heavy atom. The second-order valence-electron chi connectivity index (χ2n) is 4.47. The summed E-state index contributed by atoms with van der Waals surface area (Å²) in [6.45, 7) is 2.15. The molecule has 1 saturated carbocycles. The van der Waals surface area contributed by atoms with Gasteiger partial charge in [0.1, 0.15) is 0 Å². The third-order valence-corrected chi connectivity index (χ3v) is 3.32. The Bertz CT molecular complexity index is 353. The van der Waals surface area contributed by atoms with E-state index in [-0.39, 0.29) is 30.9 Å². The van der Waals surface area contributed by atoms with E-state index < -0.39 is 0 Å². The molecule has 1 aromatic carbocycles. The van der Waals surface area contributed by atoms with Gasteiger partial charge in [-0.1, -0.05) is 24.3 Å². The van der Waals surface area contributed by atoms with Gasteiger partial charge in [0.2, 0.25) is 0 Å². The maximum Gasteiger partial charge on any atom is 0.0427 e. The fourth-order valence-corrected chi connectivity index (χ4v) is 2.39. The molecule has 1 heterocycles. The number of nitrogens with zero attached hydrogens (tertiary/aromatic N) is 1. The fourth-order valence-electron chi connectivity index (χ4n) is 2.39. The molecule has 0 radical (unpaired) electrons. The monoisotopic (exact) mass is 260 g/mol. The van der Waals surface area contributed by atoms with Crippen LogP contribution in [0.25, 0.3) is 0 Å². The molecule has 4 heteroatoms. The van der Waals surface area contributed by atoms with Gasteiger partial charge in [-0.25, -0.2) is 0 Å². The molecule has 2 nitrogen and oxygen atoms in total. The van der Waals surface area contributed by atoms with Crippen LogP contribution >= 0.6 is 24.8 Å². The van der Waals surface area contributed by atoms with Crippen molar-refractivity contribution in [1.82, 2.24) is 4.90 Å². The molecule has 1 atom stereocenters. The Hall–Kier alpha value is -0.280. The average molecular weight is 261 g/mol. The van der Waals surface area contributed by atoms with Crippen LogP contribution in [-0.4, -0.2) is 17.5 Å². The van der Waals surface area contributed by atoms with Crippen LogP contribution in [0.3, 0.4) is 0 Å². The summed E-state index contributed by atoms with van der Waals surface area (Å²) in [5.41, 5.74) is 8.94. The van der Waals surface area contributed by atoms with Gasteiger partial charge in [0, 0.05) is 25.2 Å². The number of nitrogens with two attached hydrogens (primary N) is 1. The van der Waals surface area contributed by atoms with Gasteiger partial charge < -0.3 is 5.73 Å². The van der Waals surface area contributed by atoms with Gasteiger partial charge in [-0.05, 0) is 24.0 Å². The van der Waals surface area contributed by atoms with E-state index in [2.05, 4.69) is 29.2 Å². The molecule has 1 aliphatic heterocycles. The Labute approximate surface area is 109 Å². The molecule has 1 fully saturated rings. The van der Waals surface area contributed by atoms with Crippen molar-refractivity contribution in [2.75, 3.05) is 6.54 Å². The van der Waals surface area contributed by atoms with Crippen LogP contribution in [0.2, 0.25) is 0 Å². The lowest BCUT2D eigenvalue weighted by atomic mass is 9.96. The summed E-state index contributed by atoms with van der Waals surface area (Å²) in [4.78, 5) is 2.53. The molecular weight excluding hydrogens is 243 g/mol. The standard InChI is InChI=1S/C12H16N2.2ClH/c13-12-8-14(10-5-6-10)7-9-3-1-2-4-11(9)12;;/h1-4,10,12H,5-8,13H2;2*1H. The van der Waals surface area contributed by atoms with Crippen molar-refractivity contribution in [1.29, 1.82) is 0 Å². The first-order valence-corrected chi connectivity index (χ1v) is 5.42. The quantitative estimate of drug-likeness (QED) is 0.841. The fraction of sp³-hybridized carbons (Fsp3) is 0.500. The van der Waals surface area contributed by atoms with E-state index in [4.69, 9.17) is 5.73 Å². The normalized spacial score (nSPS) is 23.9. The maximum atomic E-state index is 6.16. The molecule has 2 aliphatic rings. The Morgan fingerprint density at radius 3 is 2.50 bits per heavy atom. The van der Waals surface area contributed by atoms with Crippen LogP contribution in [0.5, 0.6) is 0 Å². The summed E-state index contributed by atoms with van der Waals surface area (Å²) >= 11 is 0. The third kappa shape index (κ3) is 2.51. The van der Waals surface area contributed by atoms with E-state index in [0.29, 0.717) is 0 Å². The van der Waals surface area contributed by atoms with Crippen molar-refractivity contribution in [3.8, 4) is 0 Å². The highest BCUT2D eigenvalue weighted by molar-refractivity contribution is 5.85. The van der Waals surface area contributed by atoms with Gasteiger partial charge in [-0.15, -0.1) is 24.8 Å². The van der Waals surface area contributed by atoms with Gasteiger partial charge in [0.05, 0.1) is 0 Å². The molecule has 1 aromatic rings. The van der Waals surface area contributed by atoms with Crippen molar-refractivity contribution < 1.29 is 0 Å². The lowest BCUT2D eigenvalue weighted by molar-refractivity contribution is 0.221. The van der Waals surface area contributed by atoms with E-state index >= 15 is 0 Å². The molecule has 1 aliphatic carbocycles. The van der Waals surface area contributed by atoms with Crippen molar-refractivity contribution in [3.05, 3.63) is 35.4 Å². The van der Waals surface area contributed by atoms with E-state index in [1.165, 1.54) is 24.0 Å². The minimum atomic E-state index is 0. The molecule has 1 unspecified atom stereocenters. The van der Waals surface area contributed by atoms with Crippen molar-refractivity contribution in [2.24, 2.45) is 5.73 Å². The second-order valence-corrected chi connectivity index (χ2v) is 4.47. The first kappa shape index (κ1) is 13.8. The molecule has 0 aromatic heterocycles. The molecule has 3 rings (SSSR count). The predicted octanol–water partition coefficient (Wildman–Crippen LogP) is 2.51. The molecule has 0 bridgehead atoms. The van der Waals surface area contributed by atoms with E-state index in [1.807, 2.05) is 0 Å². The summed E-state index contributed by atoms with van der Waals surface area (Å²) in [5.74, 6) is 0. The molecule has 0 spiro atoms. The number of halogens is 2. The van der Waals surface area contributed by atoms with Gasteiger partial charge in [-0.3, -0.25) is 4.90 Å². The lowest BCUT2D eigenvalue weighted by Gasteiger charge is -2.32. The topological polar surface area (TPSA) is 29.3 Å². The summed E-state index contributed by atoms with van der Waals surface area (Å²) in [6.07, 6.45) is 2.74. The molecule has 0 saturated heterocycles. The first-order chi connectivity index (χ1) is 6.84. The van der Waals surface area contributed by atoms with Gasteiger partial charge in [0.15, 0.2) is 0 Å². The number of benzene rings is 1. The van der Waals surface area contributed by atoms with Crippen LogP contribution in [0, 0.1) is 0 Å². The highest BCUT2D eigenvalue weighted by atomic mass is 35.5. The zero-order valence-electron chi connectivity index (χ0n) is 9.13. The predicted molar refractivity (Wildman–Crippen MR) is 71.3 cm³/mol. The number of hydrogen-bond donors (Lipinski definition) is 1. The van der Waals surface area contributed by atoms with E-state index in [9.17, 15) is 0 Å². The minimum Gasteiger partial charge on any atom is -0.323 e. The summed E-state index contributed by atoms with van der Waals surface area (Å²) in [7, 11) is 0. The average Bonchev–Trinajstić information content (AvgIpc) is 3.01. The van der Waals surface area contributed by atoms with Gasteiger partial charge >= 0.3 is 0 Å². The Balaban J connectivity index is 0.000000640. The van der Waals surface area contributed by atoms with Gasteiger partial charge in [-0.2, -0.15) is 0 Å². The van der Waals surface area contributed by atoms with Gasteiger partial charge in [0.25, 0.3) is 0 Å². The number of rotatable bonds is 1. The lowest BCUT2D eigenvalue weighted by Crippen LogP contribution is -2.38. The van der Waals surface area contributed by atoms with Crippen LogP contribution in [0.1, 0.15) is 30.0 Å². The maximum absolute atomic E-state index is 6.16. The van der Waals surface area contributed by atoms with Crippen LogP contribution in [-0.2, 0) is 6.54 Å². The molecular formula is C12H18Cl2N2. The van der Waals surface area contributed by atoms with E-state index in [1.54, 1.807) is 0 Å². The second kappa shape index (κ2) is 5.37. The minimum absolute atomic E-state index is 0. The summed E-state index contributed by atoms with van der Waals surface area (Å²) in [6, 6.07) is 9.64. The van der Waals surface area contributed by atoms with E-state index in [0.717, 1.165) is 19.1 Å². The van der Waals surface area contributed by atoms with Crippen molar-refractivity contribution in [2.45, 2.75) is 31.5 Å². The highest BCUT2D eigenvalue weighted by Gasteiger charge is 2.33. The summed E-state index contributed by atoms with van der Waals surface area (Å²) in [5, 5.41) is 0. The number of fused-ring (bicyclic) bond motifs is 1. The SMILES string of the molecule is Cl.Cl.NC1CN(C2CC2)Cc2ccccc21. The summed E-state index contributed by atoms with van der Waals surface area (Å²) < 4.78 is 0. The van der Waals surface area contributed by atoms with Crippen LogP contribution < -0.4 is 5.73 Å². The smallest absolute Gasteiger partial charge is 0.0427 e.